The highest BCUT2D eigenvalue weighted by Gasteiger charge is 2.29. The van der Waals surface area contributed by atoms with Crippen LogP contribution in [0.4, 0.5) is 13.2 Å². The van der Waals surface area contributed by atoms with E-state index in [4.69, 9.17) is 4.42 Å². The van der Waals surface area contributed by atoms with Crippen LogP contribution < -0.4 is 5.32 Å². The summed E-state index contributed by atoms with van der Waals surface area (Å²) in [5.41, 5.74) is 0.612. The number of halogens is 3. The first kappa shape index (κ1) is 20.7. The van der Waals surface area contributed by atoms with Gasteiger partial charge in [-0.2, -0.15) is 17.5 Å². The Balaban J connectivity index is 2.15. The molecule has 27 heavy (non-hydrogen) atoms. The van der Waals surface area contributed by atoms with E-state index in [1.165, 1.54) is 24.5 Å². The molecule has 0 radical (unpaired) electrons. The number of carbonyl (C=O) groups is 1. The van der Waals surface area contributed by atoms with Crippen molar-refractivity contribution in [2.45, 2.75) is 12.7 Å². The van der Waals surface area contributed by atoms with Gasteiger partial charge in [-0.05, 0) is 23.8 Å². The number of furan rings is 1. The normalized spacial score (nSPS) is 12.6. The van der Waals surface area contributed by atoms with Gasteiger partial charge >= 0.3 is 6.18 Å². The molecule has 0 saturated heterocycles. The Morgan fingerprint density at radius 3 is 2.44 bits per heavy atom. The number of benzene rings is 1. The average molecular weight is 402 g/mol. The molecule has 6 nitrogen and oxygen atoms in total. The fourth-order valence-electron chi connectivity index (χ4n) is 2.04. The molecule has 1 aromatic heterocycles. The molecule has 2 rings (SSSR count). The summed E-state index contributed by atoms with van der Waals surface area (Å²) in [6, 6.07) is 11.6. The van der Waals surface area contributed by atoms with Crippen molar-refractivity contribution in [2.75, 3.05) is 13.1 Å². The minimum Gasteiger partial charge on any atom is -0.468 e. The van der Waals surface area contributed by atoms with E-state index in [1.807, 2.05) is 0 Å². The van der Waals surface area contributed by atoms with Crippen molar-refractivity contribution in [3.63, 3.8) is 0 Å². The van der Waals surface area contributed by atoms with Gasteiger partial charge in [0.2, 0.25) is 15.9 Å². The number of nitrogens with one attached hydrogen (secondary N) is 1. The third-order valence-corrected chi connectivity index (χ3v) is 4.77. The summed E-state index contributed by atoms with van der Waals surface area (Å²) in [6.07, 6.45) is -1.94. The van der Waals surface area contributed by atoms with Crippen molar-refractivity contribution >= 4 is 22.0 Å². The lowest BCUT2D eigenvalue weighted by Gasteiger charge is -2.19. The first-order chi connectivity index (χ1) is 12.7. The topological polar surface area (TPSA) is 79.6 Å². The predicted octanol–water partition coefficient (Wildman–Crippen LogP) is 2.76. The lowest BCUT2D eigenvalue weighted by Crippen LogP contribution is -2.42. The molecule has 1 N–H and O–H groups in total. The van der Waals surface area contributed by atoms with E-state index in [0.717, 1.165) is 9.71 Å². The highest BCUT2D eigenvalue weighted by atomic mass is 32.2. The molecule has 0 fully saturated rings. The maximum absolute atomic E-state index is 12.6. The zero-order valence-electron chi connectivity index (χ0n) is 14.0. The number of alkyl halides is 3. The van der Waals surface area contributed by atoms with Crippen molar-refractivity contribution in [3.05, 3.63) is 65.5 Å². The highest BCUT2D eigenvalue weighted by molar-refractivity contribution is 7.92. The van der Waals surface area contributed by atoms with Gasteiger partial charge in [-0.1, -0.05) is 30.3 Å². The molecule has 0 aliphatic rings. The minimum atomic E-state index is -4.59. The van der Waals surface area contributed by atoms with Crippen LogP contribution in [-0.2, 0) is 21.4 Å². The zero-order valence-corrected chi connectivity index (χ0v) is 14.8. The molecular weight excluding hydrogens is 385 g/mol. The van der Waals surface area contributed by atoms with Crippen molar-refractivity contribution < 1.29 is 30.8 Å². The van der Waals surface area contributed by atoms with Gasteiger partial charge in [-0.25, -0.2) is 8.42 Å². The summed E-state index contributed by atoms with van der Waals surface area (Å²) in [4.78, 5) is 11.8. The Bertz CT molecular complexity index is 863. The van der Waals surface area contributed by atoms with Crippen molar-refractivity contribution in [1.82, 2.24) is 9.62 Å². The molecule has 1 amide bonds. The van der Waals surface area contributed by atoms with Crippen molar-refractivity contribution in [1.29, 1.82) is 0 Å². The van der Waals surface area contributed by atoms with E-state index in [1.54, 1.807) is 35.6 Å². The molecule has 1 heterocycles. The molecule has 0 aliphatic carbocycles. The summed E-state index contributed by atoms with van der Waals surface area (Å²) in [5.74, 6) is -0.828. The lowest BCUT2D eigenvalue weighted by molar-refractivity contribution is -0.138. The zero-order chi connectivity index (χ0) is 19.9. The quantitative estimate of drug-likeness (QED) is 0.736. The minimum absolute atomic E-state index is 0.246. The Morgan fingerprint density at radius 2 is 1.85 bits per heavy atom. The van der Waals surface area contributed by atoms with E-state index in [2.05, 4.69) is 0 Å². The van der Waals surface area contributed by atoms with Gasteiger partial charge in [0.15, 0.2) is 0 Å². The molecule has 0 aliphatic heterocycles. The first-order valence-electron chi connectivity index (χ1n) is 7.75. The number of hydrogen-bond donors (Lipinski definition) is 1. The number of carbonyl (C=O) groups excluding carboxylic acids is 1. The summed E-state index contributed by atoms with van der Waals surface area (Å²) >= 11 is 0. The van der Waals surface area contributed by atoms with Gasteiger partial charge in [0.05, 0.1) is 19.4 Å². The Labute approximate surface area is 154 Å². The summed E-state index contributed by atoms with van der Waals surface area (Å²) in [5, 5.41) is 2.55. The van der Waals surface area contributed by atoms with Crippen LogP contribution >= 0.6 is 0 Å². The Morgan fingerprint density at radius 1 is 1.15 bits per heavy atom. The van der Waals surface area contributed by atoms with Gasteiger partial charge in [-0.15, -0.1) is 0 Å². The monoisotopic (exact) mass is 402 g/mol. The molecule has 2 aromatic rings. The largest absolute Gasteiger partial charge is 0.468 e. The van der Waals surface area contributed by atoms with E-state index in [9.17, 15) is 26.4 Å². The molecule has 10 heteroatoms. The number of sulfonamides is 1. The second kappa shape index (κ2) is 8.87. The van der Waals surface area contributed by atoms with Crippen LogP contribution in [0.2, 0.25) is 0 Å². The SMILES string of the molecule is O=C(CN(Cc1ccco1)S(=O)(=O)C=Cc1ccccc1)NCC(F)(F)F. The van der Waals surface area contributed by atoms with E-state index < -0.39 is 35.2 Å². The molecule has 0 spiro atoms. The number of rotatable bonds is 8. The van der Waals surface area contributed by atoms with Crippen molar-refractivity contribution in [3.8, 4) is 0 Å². The Kier molecular flexibility index (Phi) is 6.81. The standard InChI is InChI=1S/C17H17F3N2O4S/c18-17(19,20)13-21-16(23)12-22(11-15-7-4-9-26-15)27(24,25)10-8-14-5-2-1-3-6-14/h1-10H,11-13H2,(H,21,23). The van der Waals surface area contributed by atoms with Crippen molar-refractivity contribution in [2.24, 2.45) is 0 Å². The number of nitrogens with zero attached hydrogens (tertiary/aromatic N) is 1. The van der Waals surface area contributed by atoms with E-state index >= 15 is 0 Å². The third kappa shape index (κ3) is 7.27. The fraction of sp³-hybridized carbons (Fsp3) is 0.235. The molecule has 1 aromatic carbocycles. The van der Waals surface area contributed by atoms with Crippen LogP contribution in [0.1, 0.15) is 11.3 Å². The maximum atomic E-state index is 12.6. The predicted molar refractivity (Wildman–Crippen MR) is 92.6 cm³/mol. The van der Waals surface area contributed by atoms with Crippen LogP contribution in [0.15, 0.2) is 58.6 Å². The van der Waals surface area contributed by atoms with Gasteiger partial charge in [-0.3, -0.25) is 4.79 Å². The third-order valence-electron chi connectivity index (χ3n) is 3.31. The van der Waals surface area contributed by atoms with Crippen LogP contribution in [-0.4, -0.2) is 37.9 Å². The van der Waals surface area contributed by atoms with Crippen LogP contribution in [0.5, 0.6) is 0 Å². The molecule has 0 unspecified atom stereocenters. The molecule has 0 atom stereocenters. The number of hydrogen-bond acceptors (Lipinski definition) is 4. The average Bonchev–Trinajstić information content (AvgIpc) is 3.11. The number of amides is 1. The highest BCUT2D eigenvalue weighted by Crippen LogP contribution is 2.14. The summed E-state index contributed by atoms with van der Waals surface area (Å²) < 4.78 is 67.6. The van der Waals surface area contributed by atoms with Gasteiger partial charge in [0, 0.05) is 5.41 Å². The molecule has 0 saturated carbocycles. The molecular formula is C17H17F3N2O4S. The summed E-state index contributed by atoms with van der Waals surface area (Å²) in [7, 11) is -4.09. The van der Waals surface area contributed by atoms with Crippen LogP contribution in [0.3, 0.4) is 0 Å². The molecule has 0 bridgehead atoms. The summed E-state index contributed by atoms with van der Waals surface area (Å²) in [6.45, 7) is -2.62. The Hall–Kier alpha value is -2.59. The van der Waals surface area contributed by atoms with Gasteiger partial charge in [0.25, 0.3) is 0 Å². The molecule has 146 valence electrons. The second-order valence-corrected chi connectivity index (χ2v) is 7.32. The van der Waals surface area contributed by atoms with Gasteiger partial charge < -0.3 is 9.73 Å². The second-order valence-electron chi connectivity index (χ2n) is 5.50. The van der Waals surface area contributed by atoms with E-state index in [0.29, 0.717) is 5.56 Å². The van der Waals surface area contributed by atoms with E-state index in [-0.39, 0.29) is 12.3 Å². The van der Waals surface area contributed by atoms with Crippen LogP contribution in [0, 0.1) is 0 Å². The first-order valence-corrected chi connectivity index (χ1v) is 9.25. The van der Waals surface area contributed by atoms with Crippen LogP contribution in [0.25, 0.3) is 6.08 Å². The smallest absolute Gasteiger partial charge is 0.405 e. The maximum Gasteiger partial charge on any atom is 0.405 e. The lowest BCUT2D eigenvalue weighted by atomic mass is 10.2. The fourth-order valence-corrected chi connectivity index (χ4v) is 3.15. The van der Waals surface area contributed by atoms with Gasteiger partial charge in [0.1, 0.15) is 12.3 Å².